The minimum Gasteiger partial charge on any atom is -0.483 e. The fourth-order valence-electron chi connectivity index (χ4n) is 4.00. The second-order valence-electron chi connectivity index (χ2n) is 10.4. The van der Waals surface area contributed by atoms with Crippen molar-refractivity contribution in [1.29, 1.82) is 0 Å². The predicted molar refractivity (Wildman–Crippen MR) is 132 cm³/mol. The highest BCUT2D eigenvalue weighted by molar-refractivity contribution is 5.66. The standard InChI is InChI=1S/C28H37NO5/c1-27(2,3)22-13-15-23(16-14-22)34-28(4,5)26-32-19-21(10-7-6-8-12-24(30)31)25(33-26)20-11-9-17-29-18-20/h6-7,9,11,13-18,21,25-26H,8,10,12,19H2,1-5H3,(H,30,31)/b7-6-. The van der Waals surface area contributed by atoms with Gasteiger partial charge in [-0.2, -0.15) is 0 Å². The molecular formula is C28H37NO5. The van der Waals surface area contributed by atoms with Crippen LogP contribution >= 0.6 is 0 Å². The van der Waals surface area contributed by atoms with Crippen LogP contribution in [0.3, 0.4) is 0 Å². The molecule has 6 nitrogen and oxygen atoms in total. The Kier molecular flexibility index (Phi) is 8.50. The van der Waals surface area contributed by atoms with Crippen molar-refractivity contribution >= 4 is 5.97 Å². The van der Waals surface area contributed by atoms with E-state index in [1.54, 1.807) is 6.20 Å². The minimum atomic E-state index is -0.791. The molecular weight excluding hydrogens is 430 g/mol. The Morgan fingerprint density at radius 3 is 2.50 bits per heavy atom. The molecule has 3 unspecified atom stereocenters. The maximum absolute atomic E-state index is 10.7. The third-order valence-corrected chi connectivity index (χ3v) is 5.97. The van der Waals surface area contributed by atoms with Gasteiger partial charge in [-0.15, -0.1) is 0 Å². The summed E-state index contributed by atoms with van der Waals surface area (Å²) < 4.78 is 19.0. The molecule has 0 saturated carbocycles. The van der Waals surface area contributed by atoms with Crippen molar-refractivity contribution in [3.05, 3.63) is 72.1 Å². The lowest BCUT2D eigenvalue weighted by Gasteiger charge is -2.43. The topological polar surface area (TPSA) is 77.9 Å². The first-order chi connectivity index (χ1) is 16.1. The molecule has 0 amide bonds. The molecule has 184 valence electrons. The zero-order valence-electron chi connectivity index (χ0n) is 20.9. The fraction of sp³-hybridized carbons (Fsp3) is 0.500. The average Bonchev–Trinajstić information content (AvgIpc) is 2.79. The van der Waals surface area contributed by atoms with E-state index >= 15 is 0 Å². The Labute approximate surface area is 203 Å². The second kappa shape index (κ2) is 11.2. The van der Waals surface area contributed by atoms with Gasteiger partial charge in [0.1, 0.15) is 5.75 Å². The molecule has 1 aromatic heterocycles. The monoisotopic (exact) mass is 467 g/mol. The average molecular weight is 468 g/mol. The van der Waals surface area contributed by atoms with Crippen LogP contribution in [0.25, 0.3) is 0 Å². The largest absolute Gasteiger partial charge is 0.483 e. The molecule has 1 aliphatic heterocycles. The third-order valence-electron chi connectivity index (χ3n) is 5.97. The van der Waals surface area contributed by atoms with Crippen LogP contribution in [0.2, 0.25) is 0 Å². The Hall–Kier alpha value is -2.70. The van der Waals surface area contributed by atoms with Crippen molar-refractivity contribution in [2.24, 2.45) is 5.92 Å². The van der Waals surface area contributed by atoms with Crippen molar-refractivity contribution in [2.75, 3.05) is 6.61 Å². The van der Waals surface area contributed by atoms with Gasteiger partial charge in [0.25, 0.3) is 0 Å². The Morgan fingerprint density at radius 1 is 1.15 bits per heavy atom. The van der Waals surface area contributed by atoms with Gasteiger partial charge < -0.3 is 19.3 Å². The number of hydrogen-bond donors (Lipinski definition) is 1. The highest BCUT2D eigenvalue weighted by Gasteiger charge is 2.42. The molecule has 1 fully saturated rings. The lowest BCUT2D eigenvalue weighted by atomic mass is 9.87. The maximum atomic E-state index is 10.7. The minimum absolute atomic E-state index is 0.0810. The number of carboxylic acid groups (broad SMARTS) is 1. The second-order valence-corrected chi connectivity index (χ2v) is 10.4. The van der Waals surface area contributed by atoms with E-state index in [9.17, 15) is 4.79 Å². The number of aromatic nitrogens is 1. The molecule has 0 spiro atoms. The van der Waals surface area contributed by atoms with Gasteiger partial charge in [-0.25, -0.2) is 0 Å². The number of benzene rings is 1. The van der Waals surface area contributed by atoms with Gasteiger partial charge in [0, 0.05) is 24.7 Å². The summed E-state index contributed by atoms with van der Waals surface area (Å²) in [6.07, 6.45) is 8.10. The number of carbonyl (C=O) groups is 1. The highest BCUT2D eigenvalue weighted by Crippen LogP contribution is 2.38. The Balaban J connectivity index is 1.70. The third kappa shape index (κ3) is 7.15. The van der Waals surface area contributed by atoms with Crippen LogP contribution in [0.4, 0.5) is 0 Å². The molecule has 34 heavy (non-hydrogen) atoms. The number of allylic oxidation sites excluding steroid dienone is 2. The van der Waals surface area contributed by atoms with E-state index in [1.807, 2.05) is 56.5 Å². The van der Waals surface area contributed by atoms with Gasteiger partial charge in [-0.1, -0.05) is 51.1 Å². The SMILES string of the molecule is CC(C)(C)c1ccc(OC(C)(C)C2OCC(C/C=C\CCC(=O)O)C(c3cccnc3)O2)cc1. The van der Waals surface area contributed by atoms with Crippen LogP contribution in [0, 0.1) is 5.92 Å². The molecule has 6 heteroatoms. The number of aliphatic carboxylic acids is 1. The zero-order valence-corrected chi connectivity index (χ0v) is 20.9. The summed E-state index contributed by atoms with van der Waals surface area (Å²) in [5, 5.41) is 8.82. The summed E-state index contributed by atoms with van der Waals surface area (Å²) in [6.45, 7) is 11.0. The van der Waals surface area contributed by atoms with E-state index in [-0.39, 0.29) is 23.9 Å². The first-order valence-electron chi connectivity index (χ1n) is 11.9. The van der Waals surface area contributed by atoms with E-state index in [0.29, 0.717) is 13.0 Å². The Bertz CT molecular complexity index is 947. The van der Waals surface area contributed by atoms with Crippen LogP contribution in [0.15, 0.2) is 60.9 Å². The summed E-state index contributed by atoms with van der Waals surface area (Å²) >= 11 is 0. The first kappa shape index (κ1) is 25.9. The Morgan fingerprint density at radius 2 is 1.88 bits per heavy atom. The number of rotatable bonds is 9. The molecule has 0 aliphatic carbocycles. The number of nitrogens with zero attached hydrogens (tertiary/aromatic N) is 1. The highest BCUT2D eigenvalue weighted by atomic mass is 16.7. The lowest BCUT2D eigenvalue weighted by molar-refractivity contribution is -0.288. The number of carboxylic acids is 1. The van der Waals surface area contributed by atoms with Crippen molar-refractivity contribution in [3.63, 3.8) is 0 Å². The zero-order chi connectivity index (χ0) is 24.8. The number of hydrogen-bond acceptors (Lipinski definition) is 5. The van der Waals surface area contributed by atoms with E-state index in [0.717, 1.165) is 17.7 Å². The quantitative estimate of drug-likeness (QED) is 0.451. The van der Waals surface area contributed by atoms with E-state index in [4.69, 9.17) is 19.3 Å². The van der Waals surface area contributed by atoms with Crippen LogP contribution in [-0.4, -0.2) is 34.6 Å². The summed E-state index contributed by atoms with van der Waals surface area (Å²) in [5.41, 5.74) is 1.60. The first-order valence-corrected chi connectivity index (χ1v) is 11.9. The molecule has 2 aromatic rings. The van der Waals surface area contributed by atoms with Gasteiger partial charge in [-0.3, -0.25) is 9.78 Å². The van der Waals surface area contributed by atoms with E-state index in [1.165, 1.54) is 5.56 Å². The lowest BCUT2D eigenvalue weighted by Crippen LogP contribution is -2.50. The van der Waals surface area contributed by atoms with Crippen LogP contribution in [0.5, 0.6) is 5.75 Å². The van der Waals surface area contributed by atoms with Crippen LogP contribution < -0.4 is 4.74 Å². The van der Waals surface area contributed by atoms with Crippen molar-refractivity contribution < 1.29 is 24.1 Å². The summed E-state index contributed by atoms with van der Waals surface area (Å²) in [4.78, 5) is 15.0. The van der Waals surface area contributed by atoms with E-state index < -0.39 is 17.9 Å². The number of pyridine rings is 1. The van der Waals surface area contributed by atoms with Crippen molar-refractivity contribution in [3.8, 4) is 5.75 Å². The normalized spacial score (nSPS) is 21.5. The molecule has 0 radical (unpaired) electrons. The van der Waals surface area contributed by atoms with Gasteiger partial charge in [0.15, 0.2) is 11.9 Å². The van der Waals surface area contributed by atoms with Gasteiger partial charge in [0.2, 0.25) is 0 Å². The van der Waals surface area contributed by atoms with Gasteiger partial charge >= 0.3 is 5.97 Å². The van der Waals surface area contributed by atoms with Gasteiger partial charge in [-0.05, 0) is 61.4 Å². The smallest absolute Gasteiger partial charge is 0.303 e. The molecule has 1 N–H and O–H groups in total. The fourth-order valence-corrected chi connectivity index (χ4v) is 4.00. The molecule has 1 saturated heterocycles. The molecule has 3 atom stereocenters. The molecule has 3 rings (SSSR count). The summed E-state index contributed by atoms with van der Waals surface area (Å²) in [7, 11) is 0. The van der Waals surface area contributed by atoms with Crippen molar-refractivity contribution in [2.45, 2.75) is 77.3 Å². The summed E-state index contributed by atoms with van der Waals surface area (Å²) in [6, 6.07) is 12.1. The molecule has 1 aliphatic rings. The van der Waals surface area contributed by atoms with E-state index in [2.05, 4.69) is 37.9 Å². The molecule has 0 bridgehead atoms. The number of ether oxygens (including phenoxy) is 3. The van der Waals surface area contributed by atoms with Crippen molar-refractivity contribution in [1.82, 2.24) is 4.98 Å². The molecule has 1 aromatic carbocycles. The van der Waals surface area contributed by atoms with Crippen LogP contribution in [-0.2, 0) is 19.7 Å². The van der Waals surface area contributed by atoms with Gasteiger partial charge in [0.05, 0.1) is 12.7 Å². The molecule has 2 heterocycles. The maximum Gasteiger partial charge on any atom is 0.303 e. The summed E-state index contributed by atoms with van der Waals surface area (Å²) in [5.74, 6) is 0.0651. The predicted octanol–water partition coefficient (Wildman–Crippen LogP) is 6.08. The van der Waals surface area contributed by atoms with Crippen LogP contribution in [0.1, 0.15) is 71.1 Å².